The van der Waals surface area contributed by atoms with Crippen LogP contribution in [-0.2, 0) is 11.3 Å². The number of hydrogen-bond acceptors (Lipinski definition) is 5. The summed E-state index contributed by atoms with van der Waals surface area (Å²) >= 11 is 1.24. The van der Waals surface area contributed by atoms with Crippen LogP contribution in [0, 0.1) is 12.7 Å². The average molecular weight is 320 g/mol. The van der Waals surface area contributed by atoms with Crippen molar-refractivity contribution in [1.82, 2.24) is 14.9 Å². The summed E-state index contributed by atoms with van der Waals surface area (Å²) < 4.78 is 12.8. The summed E-state index contributed by atoms with van der Waals surface area (Å²) in [6.07, 6.45) is 0. The fourth-order valence-electron chi connectivity index (χ4n) is 1.82. The van der Waals surface area contributed by atoms with Crippen molar-refractivity contribution in [2.24, 2.45) is 0 Å². The Morgan fingerprint density at radius 1 is 1.32 bits per heavy atom. The molecule has 0 spiro atoms. The van der Waals surface area contributed by atoms with E-state index in [9.17, 15) is 9.18 Å². The highest BCUT2D eigenvalue weighted by atomic mass is 32.2. The first kappa shape index (κ1) is 16.2. The van der Waals surface area contributed by atoms with Crippen molar-refractivity contribution in [2.75, 3.05) is 18.5 Å². The number of rotatable bonds is 5. The minimum absolute atomic E-state index is 0.0574. The fraction of sp³-hybridized carbons (Fsp3) is 0.267. The van der Waals surface area contributed by atoms with Crippen LogP contribution in [0.1, 0.15) is 11.3 Å². The third kappa shape index (κ3) is 4.70. The molecule has 1 aromatic heterocycles. The van der Waals surface area contributed by atoms with Gasteiger partial charge >= 0.3 is 0 Å². The largest absolute Gasteiger partial charge is 0.384 e. The first-order valence-corrected chi connectivity index (χ1v) is 7.65. The van der Waals surface area contributed by atoms with Gasteiger partial charge in [-0.2, -0.15) is 0 Å². The number of aryl methyl sites for hydroxylation is 1. The van der Waals surface area contributed by atoms with Gasteiger partial charge in [-0.3, -0.25) is 4.79 Å². The van der Waals surface area contributed by atoms with Gasteiger partial charge in [0.25, 0.3) is 0 Å². The second-order valence-electron chi connectivity index (χ2n) is 4.88. The first-order chi connectivity index (χ1) is 10.4. The number of amides is 1. The normalized spacial score (nSPS) is 10.5. The van der Waals surface area contributed by atoms with Crippen molar-refractivity contribution in [3.8, 4) is 0 Å². The fourth-order valence-corrected chi connectivity index (χ4v) is 2.67. The number of nitrogens with two attached hydrogens (primary N) is 1. The van der Waals surface area contributed by atoms with Gasteiger partial charge in [0, 0.05) is 25.4 Å². The van der Waals surface area contributed by atoms with Crippen LogP contribution in [0.15, 0.2) is 35.5 Å². The Morgan fingerprint density at radius 2 is 2.00 bits per heavy atom. The second kappa shape index (κ2) is 7.22. The molecular weight excluding hydrogens is 303 g/mol. The average Bonchev–Trinajstić information content (AvgIpc) is 2.46. The third-order valence-electron chi connectivity index (χ3n) is 2.94. The number of aromatic nitrogens is 2. The lowest BCUT2D eigenvalue weighted by Gasteiger charge is -2.17. The van der Waals surface area contributed by atoms with Crippen LogP contribution in [0.5, 0.6) is 0 Å². The Labute approximate surface area is 132 Å². The number of anilines is 1. The predicted octanol–water partition coefficient (Wildman–Crippen LogP) is 2.26. The van der Waals surface area contributed by atoms with Crippen LogP contribution < -0.4 is 5.73 Å². The summed E-state index contributed by atoms with van der Waals surface area (Å²) in [4.78, 5) is 22.0. The number of carbonyl (C=O) groups excluding carboxylic acids is 1. The molecule has 1 heterocycles. The SMILES string of the molecule is Cc1cc(N)nc(SCC(=O)N(C)Cc2ccc(F)cc2)n1. The zero-order chi connectivity index (χ0) is 16.1. The summed E-state index contributed by atoms with van der Waals surface area (Å²) in [5.41, 5.74) is 7.29. The predicted molar refractivity (Wildman–Crippen MR) is 84.8 cm³/mol. The van der Waals surface area contributed by atoms with Crippen molar-refractivity contribution in [2.45, 2.75) is 18.6 Å². The third-order valence-corrected chi connectivity index (χ3v) is 3.77. The van der Waals surface area contributed by atoms with E-state index in [4.69, 9.17) is 5.73 Å². The molecule has 1 aromatic carbocycles. The second-order valence-corrected chi connectivity index (χ2v) is 5.82. The van der Waals surface area contributed by atoms with Gasteiger partial charge in [-0.05, 0) is 24.6 Å². The maximum atomic E-state index is 12.8. The number of thioether (sulfide) groups is 1. The number of halogens is 1. The van der Waals surface area contributed by atoms with Crippen LogP contribution in [0.4, 0.5) is 10.2 Å². The van der Waals surface area contributed by atoms with Gasteiger partial charge < -0.3 is 10.6 Å². The molecule has 5 nitrogen and oxygen atoms in total. The Morgan fingerprint density at radius 3 is 2.64 bits per heavy atom. The Hall–Kier alpha value is -2.15. The van der Waals surface area contributed by atoms with Gasteiger partial charge in [0.05, 0.1) is 5.75 Å². The maximum Gasteiger partial charge on any atom is 0.233 e. The van der Waals surface area contributed by atoms with Crippen LogP contribution in [0.25, 0.3) is 0 Å². The molecule has 1 amide bonds. The highest BCUT2D eigenvalue weighted by Crippen LogP contribution is 2.16. The molecular formula is C15H17FN4OS. The number of benzene rings is 1. The molecule has 2 aromatic rings. The summed E-state index contributed by atoms with van der Waals surface area (Å²) in [5, 5.41) is 0.487. The van der Waals surface area contributed by atoms with E-state index in [2.05, 4.69) is 9.97 Å². The molecule has 0 saturated heterocycles. The molecule has 0 aliphatic rings. The van der Waals surface area contributed by atoms with Gasteiger partial charge in [-0.15, -0.1) is 0 Å². The lowest BCUT2D eigenvalue weighted by atomic mass is 10.2. The Bertz CT molecular complexity index is 643. The van der Waals surface area contributed by atoms with Gasteiger partial charge in [-0.25, -0.2) is 14.4 Å². The van der Waals surface area contributed by atoms with E-state index in [1.165, 1.54) is 23.9 Å². The maximum absolute atomic E-state index is 12.8. The molecule has 0 atom stereocenters. The van der Waals surface area contributed by atoms with E-state index in [-0.39, 0.29) is 17.5 Å². The lowest BCUT2D eigenvalue weighted by Crippen LogP contribution is -2.27. The van der Waals surface area contributed by atoms with Crippen molar-refractivity contribution < 1.29 is 9.18 Å². The zero-order valence-corrected chi connectivity index (χ0v) is 13.2. The smallest absolute Gasteiger partial charge is 0.233 e. The Kier molecular flexibility index (Phi) is 5.32. The van der Waals surface area contributed by atoms with Gasteiger partial charge in [0.1, 0.15) is 11.6 Å². The quantitative estimate of drug-likeness (QED) is 0.676. The lowest BCUT2D eigenvalue weighted by molar-refractivity contribution is -0.127. The van der Waals surface area contributed by atoms with Crippen molar-refractivity contribution in [3.63, 3.8) is 0 Å². The minimum atomic E-state index is -0.289. The molecule has 0 unspecified atom stereocenters. The topological polar surface area (TPSA) is 72.1 Å². The number of nitrogens with zero attached hydrogens (tertiary/aromatic N) is 3. The summed E-state index contributed by atoms with van der Waals surface area (Å²) in [6, 6.07) is 7.76. The van der Waals surface area contributed by atoms with E-state index in [0.29, 0.717) is 17.5 Å². The van der Waals surface area contributed by atoms with Crippen molar-refractivity contribution >= 4 is 23.5 Å². The summed E-state index contributed by atoms with van der Waals surface area (Å²) in [6.45, 7) is 2.25. The minimum Gasteiger partial charge on any atom is -0.384 e. The molecule has 0 aliphatic carbocycles. The molecule has 22 heavy (non-hydrogen) atoms. The molecule has 0 saturated carbocycles. The molecule has 0 bridgehead atoms. The molecule has 2 N–H and O–H groups in total. The van der Waals surface area contributed by atoms with Crippen LogP contribution in [-0.4, -0.2) is 33.6 Å². The van der Waals surface area contributed by atoms with Crippen LogP contribution >= 0.6 is 11.8 Å². The monoisotopic (exact) mass is 320 g/mol. The number of carbonyl (C=O) groups is 1. The molecule has 116 valence electrons. The number of nitrogen functional groups attached to an aromatic ring is 1. The molecule has 0 radical (unpaired) electrons. The standard InChI is InChI=1S/C15H17FN4OS/c1-10-7-13(17)19-15(18-10)22-9-14(21)20(2)8-11-3-5-12(16)6-4-11/h3-7H,8-9H2,1-2H3,(H2,17,18,19). The van der Waals surface area contributed by atoms with E-state index in [1.807, 2.05) is 6.92 Å². The zero-order valence-electron chi connectivity index (χ0n) is 12.4. The van der Waals surface area contributed by atoms with Crippen molar-refractivity contribution in [3.05, 3.63) is 47.4 Å². The van der Waals surface area contributed by atoms with E-state index >= 15 is 0 Å². The van der Waals surface area contributed by atoms with E-state index < -0.39 is 0 Å². The molecule has 7 heteroatoms. The van der Waals surface area contributed by atoms with Gasteiger partial charge in [0.2, 0.25) is 5.91 Å². The highest BCUT2D eigenvalue weighted by molar-refractivity contribution is 7.99. The van der Waals surface area contributed by atoms with Gasteiger partial charge in [0.15, 0.2) is 5.16 Å². The van der Waals surface area contributed by atoms with Crippen LogP contribution in [0.2, 0.25) is 0 Å². The number of hydrogen-bond donors (Lipinski definition) is 1. The first-order valence-electron chi connectivity index (χ1n) is 6.66. The van der Waals surface area contributed by atoms with Crippen molar-refractivity contribution in [1.29, 1.82) is 0 Å². The van der Waals surface area contributed by atoms with Crippen LogP contribution in [0.3, 0.4) is 0 Å². The molecule has 2 rings (SSSR count). The van der Waals surface area contributed by atoms with Gasteiger partial charge in [-0.1, -0.05) is 23.9 Å². The molecule has 0 fully saturated rings. The van der Waals surface area contributed by atoms with E-state index in [0.717, 1.165) is 11.3 Å². The highest BCUT2D eigenvalue weighted by Gasteiger charge is 2.11. The summed E-state index contributed by atoms with van der Waals surface area (Å²) in [5.74, 6) is 0.267. The summed E-state index contributed by atoms with van der Waals surface area (Å²) in [7, 11) is 1.71. The molecule has 0 aliphatic heterocycles. The van der Waals surface area contributed by atoms with E-state index in [1.54, 1.807) is 30.1 Å². The Balaban J connectivity index is 1.89.